The number of likely N-dealkylation sites (N-methyl/N-ethyl adjacent to an activating group) is 1. The molecular weight excluding hydrogens is 364 g/mol. The van der Waals surface area contributed by atoms with E-state index >= 15 is 0 Å². The molecule has 0 aliphatic carbocycles. The van der Waals surface area contributed by atoms with Crippen molar-refractivity contribution in [1.29, 1.82) is 0 Å². The number of ether oxygens (including phenoxy) is 4. The van der Waals surface area contributed by atoms with Crippen LogP contribution in [0.25, 0.3) is 0 Å². The van der Waals surface area contributed by atoms with Gasteiger partial charge in [0.05, 0.1) is 26.4 Å². The Hall–Kier alpha value is -1.22. The van der Waals surface area contributed by atoms with Crippen molar-refractivity contribution in [2.24, 2.45) is 23.7 Å². The fourth-order valence-electron chi connectivity index (χ4n) is 4.90. The van der Waals surface area contributed by atoms with Crippen molar-refractivity contribution in [2.75, 3.05) is 53.2 Å². The zero-order valence-electron chi connectivity index (χ0n) is 16.8. The Kier molecular flexibility index (Phi) is 6.20. The van der Waals surface area contributed by atoms with Crippen LogP contribution in [0.5, 0.6) is 0 Å². The molecule has 4 aliphatic rings. The lowest BCUT2D eigenvalue weighted by atomic mass is 9.86. The first kappa shape index (κ1) is 20.1. The lowest BCUT2D eigenvalue weighted by Gasteiger charge is -2.32. The third-order valence-corrected chi connectivity index (χ3v) is 6.91. The highest BCUT2D eigenvalue weighted by Gasteiger charge is 2.45. The summed E-state index contributed by atoms with van der Waals surface area (Å²) in [5, 5.41) is 2.98. The lowest BCUT2D eigenvalue weighted by molar-refractivity contribution is -0.144. The lowest BCUT2D eigenvalue weighted by Crippen LogP contribution is -2.50. The number of fused-ring (bicyclic) bond motifs is 2. The Morgan fingerprint density at radius 1 is 0.964 bits per heavy atom. The molecule has 0 aromatic rings. The fraction of sp³-hybridized carbons (Fsp3) is 0.900. The third-order valence-electron chi connectivity index (χ3n) is 6.91. The normalized spacial score (nSPS) is 38.4. The standard InChI is InChI=1S/C20H32N2O6/c1-12(7-21-19(23)17-15-3-5-25-8-13(15)10-27-17)22(2)20(24)18-16-4-6-26-9-14(16)11-28-18/h12-18H,3-11H2,1-2H3,(H,21,23). The largest absolute Gasteiger partial charge is 0.381 e. The van der Waals surface area contributed by atoms with E-state index in [1.807, 2.05) is 6.92 Å². The SMILES string of the molecule is CC(CNC(=O)C1OCC2COCCC21)N(C)C(=O)C1OCC2COCCC21. The number of rotatable bonds is 5. The zero-order valence-corrected chi connectivity index (χ0v) is 16.8. The summed E-state index contributed by atoms with van der Waals surface area (Å²) in [6.45, 7) is 6.26. The Balaban J connectivity index is 1.26. The van der Waals surface area contributed by atoms with Gasteiger partial charge in [0.15, 0.2) is 0 Å². The van der Waals surface area contributed by atoms with Gasteiger partial charge in [-0.3, -0.25) is 9.59 Å². The summed E-state index contributed by atoms with van der Waals surface area (Å²) in [4.78, 5) is 27.3. The Bertz CT molecular complexity index is 587. The predicted molar refractivity (Wildman–Crippen MR) is 99.6 cm³/mol. The molecule has 0 aromatic heterocycles. The van der Waals surface area contributed by atoms with Crippen LogP contribution in [0, 0.1) is 23.7 Å². The first-order chi connectivity index (χ1) is 13.6. The number of nitrogens with zero attached hydrogens (tertiary/aromatic N) is 1. The smallest absolute Gasteiger partial charge is 0.252 e. The minimum absolute atomic E-state index is 0.00208. The molecule has 28 heavy (non-hydrogen) atoms. The molecule has 7 atom stereocenters. The first-order valence-electron chi connectivity index (χ1n) is 10.5. The van der Waals surface area contributed by atoms with Gasteiger partial charge in [-0.25, -0.2) is 0 Å². The summed E-state index contributed by atoms with van der Waals surface area (Å²) in [5.74, 6) is 1.03. The van der Waals surface area contributed by atoms with Crippen molar-refractivity contribution in [3.05, 3.63) is 0 Å². The van der Waals surface area contributed by atoms with Crippen LogP contribution in [0.1, 0.15) is 19.8 Å². The molecule has 0 radical (unpaired) electrons. The molecule has 0 saturated carbocycles. The van der Waals surface area contributed by atoms with Gasteiger partial charge in [-0.1, -0.05) is 0 Å². The van der Waals surface area contributed by atoms with Crippen LogP contribution in [-0.2, 0) is 28.5 Å². The van der Waals surface area contributed by atoms with E-state index in [9.17, 15) is 9.59 Å². The fourth-order valence-corrected chi connectivity index (χ4v) is 4.90. The maximum absolute atomic E-state index is 12.9. The van der Waals surface area contributed by atoms with E-state index < -0.39 is 12.2 Å². The highest BCUT2D eigenvalue weighted by atomic mass is 16.5. The van der Waals surface area contributed by atoms with Crippen LogP contribution in [0.4, 0.5) is 0 Å². The molecular formula is C20H32N2O6. The van der Waals surface area contributed by atoms with Crippen molar-refractivity contribution >= 4 is 11.8 Å². The van der Waals surface area contributed by atoms with Crippen molar-refractivity contribution in [2.45, 2.75) is 38.0 Å². The highest BCUT2D eigenvalue weighted by molar-refractivity contribution is 5.83. The van der Waals surface area contributed by atoms with Crippen LogP contribution >= 0.6 is 0 Å². The van der Waals surface area contributed by atoms with Gasteiger partial charge in [-0.05, 0) is 19.8 Å². The van der Waals surface area contributed by atoms with E-state index in [4.69, 9.17) is 18.9 Å². The molecule has 2 amide bonds. The minimum Gasteiger partial charge on any atom is -0.381 e. The monoisotopic (exact) mass is 396 g/mol. The Morgan fingerprint density at radius 2 is 1.54 bits per heavy atom. The van der Waals surface area contributed by atoms with Gasteiger partial charge in [0.25, 0.3) is 5.91 Å². The van der Waals surface area contributed by atoms with Crippen LogP contribution < -0.4 is 5.32 Å². The van der Waals surface area contributed by atoms with Gasteiger partial charge >= 0.3 is 0 Å². The average Bonchev–Trinajstić information content (AvgIpc) is 3.35. The number of amides is 2. The third kappa shape index (κ3) is 3.92. The summed E-state index contributed by atoms with van der Waals surface area (Å²) >= 11 is 0. The second-order valence-electron chi connectivity index (χ2n) is 8.63. The van der Waals surface area contributed by atoms with Crippen molar-refractivity contribution in [1.82, 2.24) is 10.2 Å². The zero-order chi connectivity index (χ0) is 19.7. The number of nitrogens with one attached hydrogen (secondary N) is 1. The molecule has 4 aliphatic heterocycles. The van der Waals surface area contributed by atoms with Gasteiger partial charge in [0, 0.05) is 56.5 Å². The molecule has 4 rings (SSSR count). The van der Waals surface area contributed by atoms with Crippen LogP contribution in [0.2, 0.25) is 0 Å². The maximum Gasteiger partial charge on any atom is 0.252 e. The molecule has 7 unspecified atom stereocenters. The predicted octanol–water partition coefficient (Wildman–Crippen LogP) is 0.0525. The quantitative estimate of drug-likeness (QED) is 0.707. The number of hydrogen-bond acceptors (Lipinski definition) is 6. The van der Waals surface area contributed by atoms with E-state index in [1.165, 1.54) is 0 Å². The molecule has 0 aromatic carbocycles. The summed E-state index contributed by atoms with van der Waals surface area (Å²) in [7, 11) is 1.79. The molecule has 8 nitrogen and oxygen atoms in total. The molecule has 0 spiro atoms. The molecule has 4 heterocycles. The van der Waals surface area contributed by atoms with Gasteiger partial charge in [-0.15, -0.1) is 0 Å². The number of hydrogen-bond donors (Lipinski definition) is 1. The Morgan fingerprint density at radius 3 is 2.18 bits per heavy atom. The summed E-state index contributed by atoms with van der Waals surface area (Å²) in [6.07, 6.45) is 0.939. The van der Waals surface area contributed by atoms with E-state index in [0.717, 1.165) is 12.8 Å². The molecule has 4 saturated heterocycles. The van der Waals surface area contributed by atoms with Crippen LogP contribution in [-0.4, -0.2) is 88.2 Å². The van der Waals surface area contributed by atoms with Crippen molar-refractivity contribution in [3.63, 3.8) is 0 Å². The second kappa shape index (κ2) is 8.65. The summed E-state index contributed by atoms with van der Waals surface area (Å²) < 4.78 is 22.5. The minimum atomic E-state index is -0.400. The molecule has 158 valence electrons. The Labute approximate surface area is 166 Å². The molecule has 4 fully saturated rings. The van der Waals surface area contributed by atoms with Gasteiger partial charge in [-0.2, -0.15) is 0 Å². The molecule has 1 N–H and O–H groups in total. The second-order valence-corrected chi connectivity index (χ2v) is 8.63. The molecule has 0 bridgehead atoms. The van der Waals surface area contributed by atoms with E-state index in [1.54, 1.807) is 11.9 Å². The van der Waals surface area contributed by atoms with E-state index in [0.29, 0.717) is 58.0 Å². The first-order valence-corrected chi connectivity index (χ1v) is 10.5. The van der Waals surface area contributed by atoms with Crippen LogP contribution in [0.15, 0.2) is 0 Å². The number of carbonyl (C=O) groups is 2. The van der Waals surface area contributed by atoms with E-state index in [-0.39, 0.29) is 29.7 Å². The molecule has 8 heteroatoms. The average molecular weight is 396 g/mol. The van der Waals surface area contributed by atoms with Gasteiger partial charge < -0.3 is 29.2 Å². The van der Waals surface area contributed by atoms with E-state index in [2.05, 4.69) is 5.32 Å². The topological polar surface area (TPSA) is 86.3 Å². The highest BCUT2D eigenvalue weighted by Crippen LogP contribution is 2.35. The van der Waals surface area contributed by atoms with Gasteiger partial charge in [0.1, 0.15) is 12.2 Å². The van der Waals surface area contributed by atoms with Gasteiger partial charge in [0.2, 0.25) is 5.91 Å². The van der Waals surface area contributed by atoms with Crippen molar-refractivity contribution < 1.29 is 28.5 Å². The number of carbonyl (C=O) groups excluding carboxylic acids is 2. The summed E-state index contributed by atoms with van der Waals surface area (Å²) in [6, 6.07) is -0.120. The maximum atomic E-state index is 12.9. The van der Waals surface area contributed by atoms with Crippen molar-refractivity contribution in [3.8, 4) is 0 Å². The summed E-state index contributed by atoms with van der Waals surface area (Å²) in [5.41, 5.74) is 0. The van der Waals surface area contributed by atoms with Crippen LogP contribution in [0.3, 0.4) is 0 Å².